The zero-order valence-corrected chi connectivity index (χ0v) is 11.8. The van der Waals surface area contributed by atoms with Crippen molar-refractivity contribution >= 4 is 23.6 Å². The maximum absolute atomic E-state index is 12.2. The van der Waals surface area contributed by atoms with Crippen molar-refractivity contribution in [3.05, 3.63) is 35.4 Å². The zero-order chi connectivity index (χ0) is 17.0. The van der Waals surface area contributed by atoms with Crippen LogP contribution in [0, 0.1) is 11.3 Å². The highest BCUT2D eigenvalue weighted by Gasteiger charge is 2.38. The molecule has 0 bridgehead atoms. The van der Waals surface area contributed by atoms with Crippen LogP contribution < -0.4 is 10.6 Å². The highest BCUT2D eigenvalue weighted by molar-refractivity contribution is 6.02. The summed E-state index contributed by atoms with van der Waals surface area (Å²) >= 11 is 0. The summed E-state index contributed by atoms with van der Waals surface area (Å²) in [5, 5.41) is 13.4. The Morgan fingerprint density at radius 3 is 2.57 bits per heavy atom. The smallest absolute Gasteiger partial charge is 0.349 e. The van der Waals surface area contributed by atoms with Crippen LogP contribution in [0.1, 0.15) is 18.4 Å². The molecule has 120 valence electrons. The summed E-state index contributed by atoms with van der Waals surface area (Å²) in [5.41, 5.74) is 0.0876. The number of amides is 2. The average molecular weight is 323 g/mol. The van der Waals surface area contributed by atoms with Crippen LogP contribution >= 0.6 is 0 Å². The predicted octanol–water partition coefficient (Wildman–Crippen LogP) is 2.37. The number of nitrogens with one attached hydrogen (secondary N) is 2. The number of alkyl halides is 3. The highest BCUT2D eigenvalue weighted by atomic mass is 19.4. The van der Waals surface area contributed by atoms with Gasteiger partial charge in [-0.05, 0) is 36.6 Å². The Bertz CT molecular complexity index is 701. The average Bonchev–Trinajstić information content (AvgIpc) is 3.28. The van der Waals surface area contributed by atoms with Crippen molar-refractivity contribution < 1.29 is 22.8 Å². The number of carbonyl (C=O) groups excluding carboxylic acids is 2. The van der Waals surface area contributed by atoms with Crippen LogP contribution in [0.15, 0.2) is 29.8 Å². The number of benzene rings is 1. The molecule has 0 atom stereocenters. The summed E-state index contributed by atoms with van der Waals surface area (Å²) in [7, 11) is 0. The molecule has 2 amide bonds. The van der Waals surface area contributed by atoms with Gasteiger partial charge in [-0.1, -0.05) is 12.1 Å². The van der Waals surface area contributed by atoms with E-state index >= 15 is 0 Å². The summed E-state index contributed by atoms with van der Waals surface area (Å²) in [6.07, 6.45) is -2.01. The first kappa shape index (κ1) is 16.5. The van der Waals surface area contributed by atoms with Gasteiger partial charge in [0.2, 0.25) is 0 Å². The van der Waals surface area contributed by atoms with Crippen molar-refractivity contribution in [3.63, 3.8) is 0 Å². The van der Waals surface area contributed by atoms with Crippen molar-refractivity contribution in [1.82, 2.24) is 5.32 Å². The van der Waals surface area contributed by atoms with Crippen LogP contribution in [0.4, 0.5) is 18.9 Å². The molecule has 5 nitrogen and oxygen atoms in total. The maximum Gasteiger partial charge on any atom is 0.471 e. The normalized spacial score (nSPS) is 14.8. The molecule has 2 rings (SSSR count). The van der Waals surface area contributed by atoms with Crippen molar-refractivity contribution in [2.45, 2.75) is 25.1 Å². The first-order valence-corrected chi connectivity index (χ1v) is 6.70. The second kappa shape index (κ2) is 6.52. The van der Waals surface area contributed by atoms with Crippen LogP contribution in [0.5, 0.6) is 0 Å². The lowest BCUT2D eigenvalue weighted by molar-refractivity contribution is -0.167. The molecule has 1 fully saturated rings. The Labute approximate surface area is 129 Å². The van der Waals surface area contributed by atoms with E-state index in [1.54, 1.807) is 11.4 Å². The molecule has 23 heavy (non-hydrogen) atoms. The number of anilines is 1. The van der Waals surface area contributed by atoms with E-state index in [4.69, 9.17) is 5.26 Å². The molecule has 0 radical (unpaired) electrons. The van der Waals surface area contributed by atoms with E-state index in [0.717, 1.165) is 12.8 Å². The minimum Gasteiger partial charge on any atom is -0.349 e. The van der Waals surface area contributed by atoms with Gasteiger partial charge in [0.15, 0.2) is 0 Å². The third-order valence-corrected chi connectivity index (χ3v) is 2.99. The summed E-state index contributed by atoms with van der Waals surface area (Å²) in [5.74, 6) is -2.62. The van der Waals surface area contributed by atoms with Gasteiger partial charge in [0.1, 0.15) is 11.6 Å². The Morgan fingerprint density at radius 2 is 2.00 bits per heavy atom. The van der Waals surface area contributed by atoms with E-state index in [2.05, 4.69) is 5.32 Å². The first-order chi connectivity index (χ1) is 10.8. The van der Waals surface area contributed by atoms with Crippen LogP contribution in [0.2, 0.25) is 0 Å². The number of nitrogens with zero attached hydrogens (tertiary/aromatic N) is 1. The Kier molecular flexibility index (Phi) is 4.69. The second-order valence-electron chi connectivity index (χ2n) is 4.99. The van der Waals surface area contributed by atoms with Crippen molar-refractivity contribution in [3.8, 4) is 6.07 Å². The molecule has 2 N–H and O–H groups in total. The fourth-order valence-electron chi connectivity index (χ4n) is 1.71. The van der Waals surface area contributed by atoms with Gasteiger partial charge in [0, 0.05) is 11.7 Å². The van der Waals surface area contributed by atoms with Gasteiger partial charge in [-0.3, -0.25) is 9.59 Å². The van der Waals surface area contributed by atoms with E-state index < -0.39 is 18.0 Å². The first-order valence-electron chi connectivity index (χ1n) is 6.70. The van der Waals surface area contributed by atoms with E-state index in [0.29, 0.717) is 5.56 Å². The number of carbonyl (C=O) groups is 2. The Hall–Kier alpha value is -2.82. The molecule has 0 unspecified atom stereocenters. The lowest BCUT2D eigenvalue weighted by atomic mass is 10.1. The lowest BCUT2D eigenvalue weighted by Gasteiger charge is -2.08. The molecule has 0 aliphatic heterocycles. The number of halogens is 3. The van der Waals surface area contributed by atoms with Gasteiger partial charge in [0.05, 0.1) is 0 Å². The fraction of sp³-hybridized carbons (Fsp3) is 0.267. The second-order valence-corrected chi connectivity index (χ2v) is 4.99. The predicted molar refractivity (Wildman–Crippen MR) is 75.9 cm³/mol. The van der Waals surface area contributed by atoms with Gasteiger partial charge in [-0.25, -0.2) is 0 Å². The molecule has 1 aromatic rings. The molecular formula is C15H12F3N3O2. The van der Waals surface area contributed by atoms with E-state index in [9.17, 15) is 22.8 Å². The monoisotopic (exact) mass is 323 g/mol. The lowest BCUT2D eigenvalue weighted by Crippen LogP contribution is -2.29. The maximum atomic E-state index is 12.2. The van der Waals surface area contributed by atoms with Gasteiger partial charge in [-0.15, -0.1) is 0 Å². The Balaban J connectivity index is 2.14. The van der Waals surface area contributed by atoms with E-state index in [-0.39, 0.29) is 17.3 Å². The minimum absolute atomic E-state index is 0.0802. The van der Waals surface area contributed by atoms with Gasteiger partial charge in [-0.2, -0.15) is 18.4 Å². The van der Waals surface area contributed by atoms with Gasteiger partial charge >= 0.3 is 12.1 Å². The van der Waals surface area contributed by atoms with Crippen LogP contribution in [0.3, 0.4) is 0 Å². The van der Waals surface area contributed by atoms with Crippen LogP contribution in [0.25, 0.3) is 6.08 Å². The molecule has 0 saturated heterocycles. The number of rotatable bonds is 4. The Morgan fingerprint density at radius 1 is 1.30 bits per heavy atom. The largest absolute Gasteiger partial charge is 0.471 e. The summed E-state index contributed by atoms with van der Waals surface area (Å²) in [4.78, 5) is 22.7. The number of hydrogen-bond acceptors (Lipinski definition) is 3. The molecular weight excluding hydrogens is 311 g/mol. The van der Waals surface area contributed by atoms with Crippen LogP contribution in [-0.2, 0) is 9.59 Å². The number of nitriles is 1. The minimum atomic E-state index is -4.99. The van der Waals surface area contributed by atoms with Gasteiger partial charge < -0.3 is 10.6 Å². The topological polar surface area (TPSA) is 82.0 Å². The van der Waals surface area contributed by atoms with Crippen molar-refractivity contribution in [1.29, 1.82) is 5.26 Å². The van der Waals surface area contributed by atoms with Crippen molar-refractivity contribution in [2.24, 2.45) is 0 Å². The highest BCUT2D eigenvalue weighted by Crippen LogP contribution is 2.21. The summed E-state index contributed by atoms with van der Waals surface area (Å²) in [6.45, 7) is 0. The molecule has 1 aliphatic rings. The van der Waals surface area contributed by atoms with Gasteiger partial charge in [0.25, 0.3) is 5.91 Å². The fourth-order valence-corrected chi connectivity index (χ4v) is 1.71. The molecule has 0 aromatic heterocycles. The molecule has 1 aromatic carbocycles. The molecule has 1 aliphatic carbocycles. The SMILES string of the molecule is N#C/C(=C\c1cccc(NC(=O)C(F)(F)F)c1)C(=O)NC1CC1. The standard InChI is InChI=1S/C15H12F3N3O2/c16-15(17,18)14(23)21-12-3-1-2-9(7-12)6-10(8-19)13(22)20-11-4-5-11/h1-3,6-7,11H,4-5H2,(H,20,22)(H,21,23)/b10-6+. The van der Waals surface area contributed by atoms with E-state index in [1.807, 2.05) is 0 Å². The molecule has 0 heterocycles. The van der Waals surface area contributed by atoms with Crippen LogP contribution in [-0.4, -0.2) is 24.0 Å². The molecule has 0 spiro atoms. The van der Waals surface area contributed by atoms with Crippen molar-refractivity contribution in [2.75, 3.05) is 5.32 Å². The zero-order valence-electron chi connectivity index (χ0n) is 11.8. The third kappa shape index (κ3) is 4.85. The number of hydrogen-bond donors (Lipinski definition) is 2. The summed E-state index contributed by atoms with van der Waals surface area (Å²) < 4.78 is 36.6. The third-order valence-electron chi connectivity index (χ3n) is 2.99. The molecule has 8 heteroatoms. The van der Waals surface area contributed by atoms with E-state index in [1.165, 1.54) is 30.3 Å². The molecule has 1 saturated carbocycles. The quantitative estimate of drug-likeness (QED) is 0.659. The summed E-state index contributed by atoms with van der Waals surface area (Å²) in [6, 6.07) is 7.26.